The number of esters is 1. The van der Waals surface area contributed by atoms with Crippen LogP contribution in [0.3, 0.4) is 0 Å². The van der Waals surface area contributed by atoms with E-state index in [0.29, 0.717) is 25.1 Å². The van der Waals surface area contributed by atoms with Crippen LogP contribution < -0.4 is 10.1 Å². The summed E-state index contributed by atoms with van der Waals surface area (Å²) in [4.78, 5) is 26.0. The fourth-order valence-corrected chi connectivity index (χ4v) is 4.40. The van der Waals surface area contributed by atoms with Gasteiger partial charge in [0.05, 0.1) is 17.7 Å². The number of likely N-dealkylation sites (N-methyl/N-ethyl adjacent to an activating group) is 1. The lowest BCUT2D eigenvalue weighted by atomic mass is 9.84. The second-order valence-electron chi connectivity index (χ2n) is 9.64. The smallest absolute Gasteiger partial charge is 0.416 e. The number of urea groups is 1. The zero-order valence-electron chi connectivity index (χ0n) is 21.1. The minimum Gasteiger partial charge on any atom is -0.476 e. The van der Waals surface area contributed by atoms with Crippen molar-refractivity contribution in [3.8, 4) is 5.75 Å². The molecular weight excluding hydrogens is 473 g/mol. The van der Waals surface area contributed by atoms with E-state index in [1.165, 1.54) is 12.1 Å². The van der Waals surface area contributed by atoms with Gasteiger partial charge in [0, 0.05) is 13.6 Å². The van der Waals surface area contributed by atoms with Crippen molar-refractivity contribution in [3.05, 3.63) is 65.2 Å². The van der Waals surface area contributed by atoms with Gasteiger partial charge in [-0.2, -0.15) is 13.2 Å². The van der Waals surface area contributed by atoms with Crippen molar-refractivity contribution in [1.29, 1.82) is 0 Å². The Morgan fingerprint density at radius 2 is 1.67 bits per heavy atom. The van der Waals surface area contributed by atoms with Gasteiger partial charge in [0.2, 0.25) is 0 Å². The molecule has 0 saturated carbocycles. The number of halogens is 3. The fraction of sp³-hybridized carbons (Fsp3) is 0.481. The summed E-state index contributed by atoms with van der Waals surface area (Å²) in [6, 6.07) is 12.4. The first-order valence-corrected chi connectivity index (χ1v) is 12.0. The molecule has 0 aromatic heterocycles. The molecule has 0 aliphatic carbocycles. The van der Waals surface area contributed by atoms with Gasteiger partial charge in [-0.1, -0.05) is 24.3 Å². The van der Waals surface area contributed by atoms with Gasteiger partial charge in [0.25, 0.3) is 0 Å². The van der Waals surface area contributed by atoms with Gasteiger partial charge in [0.15, 0.2) is 5.60 Å². The van der Waals surface area contributed by atoms with Gasteiger partial charge in [-0.05, 0) is 81.8 Å². The number of nitrogens with one attached hydrogen (secondary N) is 1. The van der Waals surface area contributed by atoms with E-state index in [9.17, 15) is 22.8 Å². The van der Waals surface area contributed by atoms with Gasteiger partial charge < -0.3 is 19.7 Å². The van der Waals surface area contributed by atoms with Crippen LogP contribution in [0.4, 0.5) is 18.0 Å². The maximum atomic E-state index is 12.9. The standard InChI is InChI=1S/C27H33F3N2O4/c1-5-35-23(33)25(2,3)36-22-14-10-19(11-15-22)7-6-16-26(18-31-24(34)32(26)4)17-20-8-12-21(13-9-20)27(28,29)30/h8-15H,5-7,16-18H2,1-4H3,(H,31,34). The highest BCUT2D eigenvalue weighted by molar-refractivity contribution is 5.79. The van der Waals surface area contributed by atoms with Crippen LogP contribution >= 0.6 is 0 Å². The lowest BCUT2D eigenvalue weighted by molar-refractivity contribution is -0.158. The molecule has 1 saturated heterocycles. The zero-order valence-corrected chi connectivity index (χ0v) is 21.1. The Kier molecular flexibility index (Phi) is 8.21. The van der Waals surface area contributed by atoms with Crippen molar-refractivity contribution >= 4 is 12.0 Å². The molecule has 36 heavy (non-hydrogen) atoms. The Hall–Kier alpha value is -3.23. The summed E-state index contributed by atoms with van der Waals surface area (Å²) in [7, 11) is 1.73. The van der Waals surface area contributed by atoms with Gasteiger partial charge >= 0.3 is 18.2 Å². The fourth-order valence-electron chi connectivity index (χ4n) is 4.40. The number of nitrogens with zero attached hydrogens (tertiary/aromatic N) is 1. The molecule has 1 unspecified atom stereocenters. The quantitative estimate of drug-likeness (QED) is 0.439. The van der Waals surface area contributed by atoms with E-state index in [1.54, 1.807) is 44.9 Å². The van der Waals surface area contributed by atoms with E-state index in [2.05, 4.69) is 5.32 Å². The third-order valence-corrected chi connectivity index (χ3v) is 6.57. The Labute approximate surface area is 209 Å². The minimum absolute atomic E-state index is 0.187. The zero-order chi connectivity index (χ0) is 26.6. The Balaban J connectivity index is 1.63. The van der Waals surface area contributed by atoms with Crippen LogP contribution in [0.25, 0.3) is 0 Å². The van der Waals surface area contributed by atoms with E-state index in [0.717, 1.165) is 36.1 Å². The van der Waals surface area contributed by atoms with Crippen molar-refractivity contribution in [2.45, 2.75) is 63.8 Å². The highest BCUT2D eigenvalue weighted by Crippen LogP contribution is 2.33. The second-order valence-corrected chi connectivity index (χ2v) is 9.64. The molecule has 9 heteroatoms. The van der Waals surface area contributed by atoms with E-state index < -0.39 is 28.8 Å². The molecule has 1 N–H and O–H groups in total. The monoisotopic (exact) mass is 506 g/mol. The number of carbonyl (C=O) groups excluding carboxylic acids is 2. The summed E-state index contributed by atoms with van der Waals surface area (Å²) in [6.45, 7) is 5.76. The van der Waals surface area contributed by atoms with Gasteiger partial charge in [-0.25, -0.2) is 9.59 Å². The highest BCUT2D eigenvalue weighted by atomic mass is 19.4. The first-order valence-electron chi connectivity index (χ1n) is 12.0. The Morgan fingerprint density at radius 3 is 2.19 bits per heavy atom. The molecule has 0 spiro atoms. The van der Waals surface area contributed by atoms with Crippen molar-refractivity contribution in [2.75, 3.05) is 20.2 Å². The van der Waals surface area contributed by atoms with Crippen LogP contribution in [0.2, 0.25) is 0 Å². The van der Waals surface area contributed by atoms with E-state index in [1.807, 2.05) is 12.1 Å². The predicted molar refractivity (Wildman–Crippen MR) is 130 cm³/mol. The summed E-state index contributed by atoms with van der Waals surface area (Å²) in [5.74, 6) is 0.122. The first kappa shape index (κ1) is 27.4. The molecule has 2 aromatic carbocycles. The van der Waals surface area contributed by atoms with Crippen LogP contribution in [-0.2, 0) is 28.5 Å². The van der Waals surface area contributed by atoms with Crippen molar-refractivity contribution in [1.82, 2.24) is 10.2 Å². The Morgan fingerprint density at radius 1 is 1.06 bits per heavy atom. The van der Waals surface area contributed by atoms with Crippen LogP contribution in [0.1, 0.15) is 50.3 Å². The van der Waals surface area contributed by atoms with Gasteiger partial charge in [-0.15, -0.1) is 0 Å². The molecule has 0 radical (unpaired) electrons. The highest BCUT2D eigenvalue weighted by Gasteiger charge is 2.42. The number of amides is 2. The minimum atomic E-state index is -4.38. The van der Waals surface area contributed by atoms with Crippen molar-refractivity contribution < 1.29 is 32.2 Å². The maximum Gasteiger partial charge on any atom is 0.416 e. The molecule has 1 aliphatic rings. The van der Waals surface area contributed by atoms with Crippen molar-refractivity contribution in [2.24, 2.45) is 0 Å². The number of rotatable bonds is 10. The van der Waals surface area contributed by atoms with Crippen LogP contribution in [-0.4, -0.2) is 48.2 Å². The molecular formula is C27H33F3N2O4. The number of benzene rings is 2. The molecule has 0 bridgehead atoms. The number of ether oxygens (including phenoxy) is 2. The SMILES string of the molecule is CCOC(=O)C(C)(C)Oc1ccc(CCCC2(Cc3ccc(C(F)(F)F)cc3)CNC(=O)N2C)cc1. The molecule has 3 rings (SSSR count). The lowest BCUT2D eigenvalue weighted by Gasteiger charge is -2.35. The van der Waals surface area contributed by atoms with E-state index in [4.69, 9.17) is 9.47 Å². The normalized spacial score (nSPS) is 18.2. The largest absolute Gasteiger partial charge is 0.476 e. The average molecular weight is 507 g/mol. The van der Waals surface area contributed by atoms with Crippen LogP contribution in [0, 0.1) is 0 Å². The molecule has 6 nitrogen and oxygen atoms in total. The Bertz CT molecular complexity index is 1050. The number of alkyl halides is 3. The van der Waals surface area contributed by atoms with E-state index in [-0.39, 0.29) is 12.6 Å². The van der Waals surface area contributed by atoms with E-state index >= 15 is 0 Å². The maximum absolute atomic E-state index is 12.9. The predicted octanol–water partition coefficient (Wildman–Crippen LogP) is 5.39. The summed E-state index contributed by atoms with van der Waals surface area (Å²) >= 11 is 0. The van der Waals surface area contributed by atoms with Gasteiger partial charge in [0.1, 0.15) is 5.75 Å². The third kappa shape index (κ3) is 6.50. The molecule has 1 aliphatic heterocycles. The molecule has 2 amide bonds. The number of hydrogen-bond donors (Lipinski definition) is 1. The number of carbonyl (C=O) groups is 2. The lowest BCUT2D eigenvalue weighted by Crippen LogP contribution is -2.46. The summed E-state index contributed by atoms with van der Waals surface area (Å²) in [5, 5.41) is 2.86. The van der Waals surface area contributed by atoms with Crippen LogP contribution in [0.5, 0.6) is 5.75 Å². The molecule has 1 fully saturated rings. The summed E-state index contributed by atoms with van der Waals surface area (Å²) < 4.78 is 49.6. The van der Waals surface area contributed by atoms with Gasteiger partial charge in [-0.3, -0.25) is 0 Å². The molecule has 2 aromatic rings. The van der Waals surface area contributed by atoms with Crippen molar-refractivity contribution in [3.63, 3.8) is 0 Å². The molecule has 1 heterocycles. The third-order valence-electron chi connectivity index (χ3n) is 6.57. The van der Waals surface area contributed by atoms with Crippen LogP contribution in [0.15, 0.2) is 48.5 Å². The first-order chi connectivity index (χ1) is 16.9. The number of aryl methyl sites for hydroxylation is 1. The number of hydrogen-bond acceptors (Lipinski definition) is 4. The summed E-state index contributed by atoms with van der Waals surface area (Å²) in [6.07, 6.45) is -1.73. The second kappa shape index (κ2) is 10.8. The average Bonchev–Trinajstić information content (AvgIpc) is 3.08. The molecule has 1 atom stereocenters. The topological polar surface area (TPSA) is 67.9 Å². The molecule has 196 valence electrons. The summed E-state index contributed by atoms with van der Waals surface area (Å²) in [5.41, 5.74) is -0.497.